The molecule has 10 nitrogen and oxygen atoms in total. The van der Waals surface area contributed by atoms with E-state index < -0.39 is 47.5 Å². The van der Waals surface area contributed by atoms with E-state index in [1.165, 1.54) is 61.7 Å². The fraction of sp³-hybridized carbons (Fsp3) is 0.386. The van der Waals surface area contributed by atoms with Crippen LogP contribution in [0.3, 0.4) is 0 Å². The monoisotopic (exact) mass is 790 g/mol. The summed E-state index contributed by atoms with van der Waals surface area (Å²) in [7, 11) is 1.27. The topological polar surface area (TPSA) is 121 Å². The number of amides is 1. The van der Waals surface area contributed by atoms with Crippen LogP contribution in [0.15, 0.2) is 85.1 Å². The third-order valence-electron chi connectivity index (χ3n) is 8.69. The number of pyridine rings is 1. The molecule has 0 spiro atoms. The molecule has 0 aliphatic carbocycles. The number of esters is 2. The van der Waals surface area contributed by atoms with E-state index in [0.29, 0.717) is 23.5 Å². The van der Waals surface area contributed by atoms with E-state index in [4.69, 9.17) is 18.9 Å². The third-order valence-corrected chi connectivity index (χ3v) is 8.69. The van der Waals surface area contributed by atoms with E-state index in [1.807, 2.05) is 0 Å². The molecular formula is C44H49F3N2O8. The lowest BCUT2D eigenvalue weighted by molar-refractivity contribution is -0.155. The maximum atomic E-state index is 13.7. The van der Waals surface area contributed by atoms with Crippen molar-refractivity contribution in [3.8, 4) is 17.2 Å². The van der Waals surface area contributed by atoms with Gasteiger partial charge >= 0.3 is 18.1 Å². The van der Waals surface area contributed by atoms with Crippen molar-refractivity contribution in [2.45, 2.75) is 91.0 Å². The van der Waals surface area contributed by atoms with E-state index >= 15 is 0 Å². The average molecular weight is 791 g/mol. The molecule has 0 unspecified atom stereocenters. The summed E-state index contributed by atoms with van der Waals surface area (Å²) in [4.78, 5) is 57.7. The number of carbonyl (C=O) groups is 4. The van der Waals surface area contributed by atoms with Gasteiger partial charge in [0.05, 0.1) is 24.8 Å². The van der Waals surface area contributed by atoms with Crippen molar-refractivity contribution in [1.82, 2.24) is 9.88 Å². The summed E-state index contributed by atoms with van der Waals surface area (Å²) in [6, 6.07) is 19.4. The zero-order chi connectivity index (χ0) is 41.6. The highest BCUT2D eigenvalue weighted by atomic mass is 19.4. The number of alkyl halides is 3. The molecule has 3 aromatic carbocycles. The number of ketones is 1. The van der Waals surface area contributed by atoms with Gasteiger partial charge in [0, 0.05) is 24.7 Å². The summed E-state index contributed by atoms with van der Waals surface area (Å²) < 4.78 is 62.6. The SMILES string of the molecule is CCCCCCCOc1ccc(C(=O)Oc2ccc(CN(CC(=O)OC(C)(C)C)C(=O)c3ccc(C(=O)CCc4ccc(OC)cc4C(F)(F)F)cn3)cc2)cc1. The first-order chi connectivity index (χ1) is 27.1. The van der Waals surface area contributed by atoms with Crippen molar-refractivity contribution < 1.29 is 51.3 Å². The van der Waals surface area contributed by atoms with Crippen LogP contribution in [0.1, 0.15) is 114 Å². The number of ether oxygens (including phenoxy) is 4. The minimum Gasteiger partial charge on any atom is -0.497 e. The molecule has 0 N–H and O–H groups in total. The Kier molecular flexibility index (Phi) is 15.8. The molecule has 1 aromatic heterocycles. The van der Waals surface area contributed by atoms with Gasteiger partial charge in [0.15, 0.2) is 5.78 Å². The van der Waals surface area contributed by atoms with Crippen molar-refractivity contribution in [3.63, 3.8) is 0 Å². The molecular weight excluding hydrogens is 741 g/mol. The van der Waals surface area contributed by atoms with Crippen molar-refractivity contribution in [3.05, 3.63) is 119 Å². The van der Waals surface area contributed by atoms with Gasteiger partial charge in [0.2, 0.25) is 0 Å². The zero-order valence-electron chi connectivity index (χ0n) is 32.9. The number of nitrogens with zero attached hydrogens (tertiary/aromatic N) is 2. The Balaban J connectivity index is 1.39. The number of aromatic nitrogens is 1. The number of halogens is 3. The molecule has 0 saturated heterocycles. The maximum Gasteiger partial charge on any atom is 0.416 e. The second-order valence-corrected chi connectivity index (χ2v) is 14.4. The number of methoxy groups -OCH3 is 1. The summed E-state index contributed by atoms with van der Waals surface area (Å²) in [5, 5.41) is 0. The van der Waals surface area contributed by atoms with Crippen LogP contribution >= 0.6 is 0 Å². The largest absolute Gasteiger partial charge is 0.497 e. The summed E-state index contributed by atoms with van der Waals surface area (Å²) in [6.45, 7) is 7.42. The Morgan fingerprint density at radius 2 is 1.42 bits per heavy atom. The number of rotatable bonds is 19. The lowest BCUT2D eigenvalue weighted by Crippen LogP contribution is -2.38. The number of hydrogen-bond donors (Lipinski definition) is 0. The lowest BCUT2D eigenvalue weighted by atomic mass is 9.99. The first-order valence-electron chi connectivity index (χ1n) is 18.8. The summed E-state index contributed by atoms with van der Waals surface area (Å²) in [6.07, 6.45) is 1.79. The zero-order valence-corrected chi connectivity index (χ0v) is 32.9. The van der Waals surface area contributed by atoms with Gasteiger partial charge in [0.1, 0.15) is 35.1 Å². The average Bonchev–Trinajstić information content (AvgIpc) is 3.17. The number of carbonyl (C=O) groups excluding carboxylic acids is 4. The normalized spacial score (nSPS) is 11.4. The van der Waals surface area contributed by atoms with Gasteiger partial charge in [-0.3, -0.25) is 19.4 Å². The van der Waals surface area contributed by atoms with E-state index in [-0.39, 0.29) is 47.7 Å². The highest BCUT2D eigenvalue weighted by Crippen LogP contribution is 2.35. The molecule has 0 atom stereocenters. The van der Waals surface area contributed by atoms with Gasteiger partial charge in [0.25, 0.3) is 5.91 Å². The van der Waals surface area contributed by atoms with Crippen molar-refractivity contribution in [2.24, 2.45) is 0 Å². The maximum absolute atomic E-state index is 13.7. The first kappa shape index (κ1) is 44.0. The predicted octanol–water partition coefficient (Wildman–Crippen LogP) is 9.48. The molecule has 0 aliphatic rings. The van der Waals surface area contributed by atoms with Gasteiger partial charge < -0.3 is 23.8 Å². The molecule has 304 valence electrons. The van der Waals surface area contributed by atoms with Crippen LogP contribution in [-0.2, 0) is 28.7 Å². The summed E-state index contributed by atoms with van der Waals surface area (Å²) in [5.41, 5.74) is -0.772. The number of benzene rings is 3. The molecule has 13 heteroatoms. The van der Waals surface area contributed by atoms with E-state index in [0.717, 1.165) is 18.9 Å². The Bertz CT molecular complexity index is 1960. The number of hydrogen-bond acceptors (Lipinski definition) is 9. The Hall–Kier alpha value is -5.72. The molecule has 0 radical (unpaired) electrons. The van der Waals surface area contributed by atoms with Crippen LogP contribution < -0.4 is 14.2 Å². The van der Waals surface area contributed by atoms with Crippen LogP contribution in [0.25, 0.3) is 0 Å². The Morgan fingerprint density at radius 3 is 2.04 bits per heavy atom. The van der Waals surface area contributed by atoms with Gasteiger partial charge in [-0.15, -0.1) is 0 Å². The van der Waals surface area contributed by atoms with Gasteiger partial charge in [-0.25, -0.2) is 4.79 Å². The van der Waals surface area contributed by atoms with Crippen molar-refractivity contribution in [2.75, 3.05) is 20.3 Å². The van der Waals surface area contributed by atoms with Crippen LogP contribution in [-0.4, -0.2) is 59.4 Å². The van der Waals surface area contributed by atoms with E-state index in [9.17, 15) is 32.3 Å². The second-order valence-electron chi connectivity index (χ2n) is 14.4. The van der Waals surface area contributed by atoms with Crippen LogP contribution in [0, 0.1) is 0 Å². The second kappa shape index (κ2) is 20.4. The quantitative estimate of drug-likeness (QED) is 0.0396. The van der Waals surface area contributed by atoms with Crippen LogP contribution in [0.5, 0.6) is 17.2 Å². The minimum atomic E-state index is -4.63. The highest BCUT2D eigenvalue weighted by Gasteiger charge is 2.34. The van der Waals surface area contributed by atoms with Crippen molar-refractivity contribution in [1.29, 1.82) is 0 Å². The molecule has 4 aromatic rings. The summed E-state index contributed by atoms with van der Waals surface area (Å²) in [5.74, 6) is -1.33. The molecule has 0 saturated carbocycles. The third kappa shape index (κ3) is 14.1. The minimum absolute atomic E-state index is 0.0435. The summed E-state index contributed by atoms with van der Waals surface area (Å²) >= 11 is 0. The fourth-order valence-corrected chi connectivity index (χ4v) is 5.77. The fourth-order valence-electron chi connectivity index (χ4n) is 5.77. The first-order valence-corrected chi connectivity index (χ1v) is 18.8. The number of Topliss-reactive ketones (excluding diaryl/α,β-unsaturated/α-hetero) is 1. The van der Waals surface area contributed by atoms with Crippen LogP contribution in [0.2, 0.25) is 0 Å². The Morgan fingerprint density at radius 1 is 0.772 bits per heavy atom. The smallest absolute Gasteiger partial charge is 0.416 e. The number of aryl methyl sites for hydroxylation is 1. The van der Waals surface area contributed by atoms with Crippen LogP contribution in [0.4, 0.5) is 13.2 Å². The molecule has 0 fully saturated rings. The van der Waals surface area contributed by atoms with Gasteiger partial charge in [-0.05, 0) is 105 Å². The van der Waals surface area contributed by atoms with E-state index in [2.05, 4.69) is 11.9 Å². The molecule has 0 bridgehead atoms. The van der Waals surface area contributed by atoms with E-state index in [1.54, 1.807) is 69.3 Å². The Labute approximate surface area is 331 Å². The number of unbranched alkanes of at least 4 members (excludes halogenated alkanes) is 4. The molecule has 57 heavy (non-hydrogen) atoms. The molecule has 1 heterocycles. The molecule has 1 amide bonds. The van der Waals surface area contributed by atoms with Gasteiger partial charge in [-0.1, -0.05) is 50.8 Å². The lowest BCUT2D eigenvalue weighted by Gasteiger charge is -2.25. The van der Waals surface area contributed by atoms with Crippen molar-refractivity contribution >= 4 is 23.6 Å². The standard InChI is InChI=1S/C44H49F3N2O8/c1-6-7-8-9-10-25-55-34-20-14-32(15-21-34)42(53)56-35-18-11-30(12-19-35)28-49(29-40(51)57-43(2,3)4)41(52)38-23-16-33(27-48-38)39(50)24-17-31-13-22-36(54-5)26-37(31)44(45,46)47/h11-16,18-23,26-27H,6-10,17,24-25,28-29H2,1-5H3. The molecule has 4 rings (SSSR count). The predicted molar refractivity (Wildman–Crippen MR) is 208 cm³/mol. The highest BCUT2D eigenvalue weighted by molar-refractivity contribution is 5.98. The molecule has 0 aliphatic heterocycles. The van der Waals surface area contributed by atoms with Gasteiger partial charge in [-0.2, -0.15) is 13.2 Å².